The molecule has 0 aromatic rings. The normalized spacial score (nSPS) is 27.5. The number of hydrogen-bond donors (Lipinski definition) is 1. The highest BCUT2D eigenvalue weighted by atomic mass is 16.5. The fraction of sp³-hybridized carbons (Fsp3) is 0.833. The molecule has 1 aliphatic heterocycles. The monoisotopic (exact) mass is 244 g/mol. The molecular weight excluding hydrogens is 224 g/mol. The number of ether oxygens (including phenoxy) is 2. The summed E-state index contributed by atoms with van der Waals surface area (Å²) in [6.45, 7) is 3.83. The van der Waals surface area contributed by atoms with E-state index in [0.29, 0.717) is 6.42 Å². The smallest absolute Gasteiger partial charge is 0.308 e. The molecule has 1 rings (SSSR count). The largest absolute Gasteiger partial charge is 0.481 e. The van der Waals surface area contributed by atoms with Gasteiger partial charge in [0.25, 0.3) is 0 Å². The summed E-state index contributed by atoms with van der Waals surface area (Å²) in [5.74, 6) is -1.38. The van der Waals surface area contributed by atoms with E-state index < -0.39 is 17.5 Å². The Morgan fingerprint density at radius 3 is 2.41 bits per heavy atom. The first kappa shape index (κ1) is 14.0. The molecule has 0 aromatic heterocycles. The predicted octanol–water partition coefficient (Wildman–Crippen LogP) is 1.74. The van der Waals surface area contributed by atoms with E-state index in [1.807, 2.05) is 13.8 Å². The quantitative estimate of drug-likeness (QED) is 0.762. The number of methoxy groups -OCH3 is 1. The Kier molecular flexibility index (Phi) is 4.14. The average molecular weight is 244 g/mol. The number of carboxylic acid groups (broad SMARTS) is 1. The van der Waals surface area contributed by atoms with E-state index in [-0.39, 0.29) is 18.4 Å². The van der Waals surface area contributed by atoms with Crippen molar-refractivity contribution in [1.29, 1.82) is 0 Å². The van der Waals surface area contributed by atoms with Crippen LogP contribution in [0.15, 0.2) is 0 Å². The van der Waals surface area contributed by atoms with E-state index >= 15 is 0 Å². The minimum Gasteiger partial charge on any atom is -0.481 e. The molecule has 1 N–H and O–H groups in total. The van der Waals surface area contributed by atoms with Crippen LogP contribution >= 0.6 is 0 Å². The van der Waals surface area contributed by atoms with Gasteiger partial charge in [0.15, 0.2) is 0 Å². The Morgan fingerprint density at radius 1 is 1.29 bits per heavy atom. The van der Waals surface area contributed by atoms with E-state index in [9.17, 15) is 9.59 Å². The van der Waals surface area contributed by atoms with Gasteiger partial charge in [0.1, 0.15) is 0 Å². The molecule has 0 saturated carbocycles. The number of esters is 1. The van der Waals surface area contributed by atoms with Gasteiger partial charge in [-0.2, -0.15) is 0 Å². The van der Waals surface area contributed by atoms with E-state index in [2.05, 4.69) is 4.74 Å². The van der Waals surface area contributed by atoms with Gasteiger partial charge in [-0.1, -0.05) is 0 Å². The molecule has 1 unspecified atom stereocenters. The lowest BCUT2D eigenvalue weighted by Gasteiger charge is -2.44. The van der Waals surface area contributed by atoms with Crippen LogP contribution in [-0.2, 0) is 19.1 Å². The van der Waals surface area contributed by atoms with Crippen LogP contribution in [0, 0.1) is 0 Å². The lowest BCUT2D eigenvalue weighted by Crippen LogP contribution is -2.48. The minimum atomic E-state index is -0.952. The van der Waals surface area contributed by atoms with Gasteiger partial charge >= 0.3 is 11.9 Å². The fourth-order valence-corrected chi connectivity index (χ4v) is 2.45. The lowest BCUT2D eigenvalue weighted by atomic mass is 9.82. The third kappa shape index (κ3) is 4.00. The van der Waals surface area contributed by atoms with Crippen LogP contribution in [0.4, 0.5) is 0 Å². The Labute approximate surface area is 101 Å². The van der Waals surface area contributed by atoms with Crippen LogP contribution in [-0.4, -0.2) is 35.4 Å². The number of carbonyl (C=O) groups excluding carboxylic acids is 1. The summed E-state index contributed by atoms with van der Waals surface area (Å²) < 4.78 is 10.5. The maximum Gasteiger partial charge on any atom is 0.308 e. The fourth-order valence-electron chi connectivity index (χ4n) is 2.45. The first-order valence-corrected chi connectivity index (χ1v) is 5.77. The molecule has 1 atom stereocenters. The summed E-state index contributed by atoms with van der Waals surface area (Å²) in [6, 6.07) is 0. The van der Waals surface area contributed by atoms with E-state index in [1.165, 1.54) is 7.11 Å². The van der Waals surface area contributed by atoms with Crippen LogP contribution < -0.4 is 0 Å². The highest BCUT2D eigenvalue weighted by Crippen LogP contribution is 2.39. The molecular formula is C12H20O5. The zero-order chi connectivity index (χ0) is 13.1. The number of hydrogen-bond acceptors (Lipinski definition) is 4. The number of rotatable bonds is 4. The molecule has 0 aliphatic carbocycles. The summed E-state index contributed by atoms with van der Waals surface area (Å²) in [6.07, 6.45) is 2.15. The van der Waals surface area contributed by atoms with Crippen LogP contribution in [0.25, 0.3) is 0 Å². The molecule has 1 fully saturated rings. The minimum absolute atomic E-state index is 0.000764. The Balaban J connectivity index is 2.85. The molecule has 98 valence electrons. The second kappa shape index (κ2) is 5.04. The van der Waals surface area contributed by atoms with Crippen molar-refractivity contribution in [3.8, 4) is 0 Å². The standard InChI is InChI=1S/C12H20O5/c1-11(2)5-4-6-12(17-11,7-9(13)14)8-10(15)16-3/h4-8H2,1-3H3,(H,13,14). The summed E-state index contributed by atoms with van der Waals surface area (Å²) in [5.41, 5.74) is -1.30. The van der Waals surface area contributed by atoms with Gasteiger partial charge in [-0.3, -0.25) is 9.59 Å². The second-order valence-corrected chi connectivity index (χ2v) is 5.22. The van der Waals surface area contributed by atoms with Gasteiger partial charge in [-0.25, -0.2) is 0 Å². The van der Waals surface area contributed by atoms with Gasteiger partial charge in [-0.05, 0) is 33.1 Å². The molecule has 1 heterocycles. The van der Waals surface area contributed by atoms with Gasteiger partial charge in [-0.15, -0.1) is 0 Å². The Bertz CT molecular complexity index is 310. The summed E-state index contributed by atoms with van der Waals surface area (Å²) >= 11 is 0. The van der Waals surface area contributed by atoms with Crippen LogP contribution in [0.5, 0.6) is 0 Å². The highest BCUT2D eigenvalue weighted by molar-refractivity contribution is 5.74. The van der Waals surface area contributed by atoms with Crippen LogP contribution in [0.2, 0.25) is 0 Å². The topological polar surface area (TPSA) is 72.8 Å². The van der Waals surface area contributed by atoms with Crippen molar-refractivity contribution in [1.82, 2.24) is 0 Å². The first-order chi connectivity index (χ1) is 7.79. The third-order valence-electron chi connectivity index (χ3n) is 3.07. The molecule has 0 radical (unpaired) electrons. The zero-order valence-electron chi connectivity index (χ0n) is 10.6. The molecule has 0 bridgehead atoms. The van der Waals surface area contributed by atoms with Crippen molar-refractivity contribution in [2.24, 2.45) is 0 Å². The van der Waals surface area contributed by atoms with Gasteiger partial charge < -0.3 is 14.6 Å². The van der Waals surface area contributed by atoms with E-state index in [4.69, 9.17) is 9.84 Å². The number of carboxylic acids is 1. The van der Waals surface area contributed by atoms with Gasteiger partial charge in [0.05, 0.1) is 31.2 Å². The summed E-state index contributed by atoms with van der Waals surface area (Å²) in [4.78, 5) is 22.3. The first-order valence-electron chi connectivity index (χ1n) is 5.77. The molecule has 0 aromatic carbocycles. The Morgan fingerprint density at radius 2 is 1.94 bits per heavy atom. The summed E-state index contributed by atoms with van der Waals surface area (Å²) in [5, 5.41) is 8.95. The van der Waals surface area contributed by atoms with E-state index in [0.717, 1.165) is 12.8 Å². The van der Waals surface area contributed by atoms with E-state index in [1.54, 1.807) is 0 Å². The molecule has 17 heavy (non-hydrogen) atoms. The van der Waals surface area contributed by atoms with Crippen molar-refractivity contribution >= 4 is 11.9 Å². The zero-order valence-corrected chi connectivity index (χ0v) is 10.6. The molecule has 5 heteroatoms. The SMILES string of the molecule is COC(=O)CC1(CC(=O)O)CCCC(C)(C)O1. The van der Waals surface area contributed by atoms with Crippen molar-refractivity contribution < 1.29 is 24.2 Å². The molecule has 0 amide bonds. The Hall–Kier alpha value is -1.10. The summed E-state index contributed by atoms with van der Waals surface area (Å²) in [7, 11) is 1.30. The maximum atomic E-state index is 11.4. The van der Waals surface area contributed by atoms with Gasteiger partial charge in [0.2, 0.25) is 0 Å². The van der Waals surface area contributed by atoms with Crippen LogP contribution in [0.1, 0.15) is 46.0 Å². The van der Waals surface area contributed by atoms with Crippen molar-refractivity contribution in [3.05, 3.63) is 0 Å². The second-order valence-electron chi connectivity index (χ2n) is 5.22. The molecule has 1 aliphatic rings. The number of aliphatic carboxylic acids is 1. The van der Waals surface area contributed by atoms with Crippen molar-refractivity contribution in [3.63, 3.8) is 0 Å². The van der Waals surface area contributed by atoms with Crippen molar-refractivity contribution in [2.75, 3.05) is 7.11 Å². The average Bonchev–Trinajstić information content (AvgIpc) is 2.13. The molecule has 5 nitrogen and oxygen atoms in total. The molecule has 1 saturated heterocycles. The highest BCUT2D eigenvalue weighted by Gasteiger charge is 2.44. The third-order valence-corrected chi connectivity index (χ3v) is 3.07. The predicted molar refractivity (Wildman–Crippen MR) is 60.6 cm³/mol. The molecule has 0 spiro atoms. The number of carbonyl (C=O) groups is 2. The maximum absolute atomic E-state index is 11.4. The lowest BCUT2D eigenvalue weighted by molar-refractivity contribution is -0.194. The van der Waals surface area contributed by atoms with Gasteiger partial charge in [0, 0.05) is 0 Å². The van der Waals surface area contributed by atoms with Crippen molar-refractivity contribution in [2.45, 2.75) is 57.2 Å². The van der Waals surface area contributed by atoms with Crippen LogP contribution in [0.3, 0.4) is 0 Å².